The lowest BCUT2D eigenvalue weighted by Gasteiger charge is -2.22. The molecule has 0 aliphatic carbocycles. The first-order valence-electron chi connectivity index (χ1n) is 5.30. The quantitative estimate of drug-likeness (QED) is 0.880. The molecule has 2 aromatic rings. The number of nitrogens with zero attached hydrogens (tertiary/aromatic N) is 3. The Labute approximate surface area is 98.7 Å². The smallest absolute Gasteiger partial charge is 0.149 e. The normalized spacial score (nSPS) is 11.8. The molecule has 17 heavy (non-hydrogen) atoms. The Morgan fingerprint density at radius 1 is 1.41 bits per heavy atom. The molecule has 1 N–H and O–H groups in total. The van der Waals surface area contributed by atoms with E-state index in [0.717, 1.165) is 5.56 Å². The lowest BCUT2D eigenvalue weighted by Crippen LogP contribution is -2.22. The predicted molar refractivity (Wildman–Crippen MR) is 61.4 cm³/mol. The van der Waals surface area contributed by atoms with Crippen molar-refractivity contribution in [1.82, 2.24) is 14.8 Å². The van der Waals surface area contributed by atoms with Crippen LogP contribution in [0.2, 0.25) is 0 Å². The van der Waals surface area contributed by atoms with Crippen LogP contribution < -0.4 is 0 Å². The summed E-state index contributed by atoms with van der Waals surface area (Å²) in [4.78, 5) is 3.77. The molecule has 0 spiro atoms. The van der Waals surface area contributed by atoms with Crippen LogP contribution in [0.25, 0.3) is 5.69 Å². The summed E-state index contributed by atoms with van der Waals surface area (Å²) in [7, 11) is 0. The van der Waals surface area contributed by atoms with Gasteiger partial charge in [0, 0.05) is 5.41 Å². The molecule has 0 amide bonds. The highest BCUT2D eigenvalue weighted by Gasteiger charge is 2.21. The first-order chi connectivity index (χ1) is 8.04. The van der Waals surface area contributed by atoms with Crippen molar-refractivity contribution in [2.45, 2.75) is 19.3 Å². The summed E-state index contributed by atoms with van der Waals surface area (Å²) in [6, 6.07) is 4.85. The Hall–Kier alpha value is -1.75. The molecular formula is C12H14FN3O. The number of aliphatic hydroxyl groups is 1. The van der Waals surface area contributed by atoms with E-state index in [1.807, 2.05) is 13.8 Å². The molecule has 1 aromatic carbocycles. The largest absolute Gasteiger partial charge is 0.395 e. The zero-order valence-electron chi connectivity index (χ0n) is 9.76. The fourth-order valence-electron chi connectivity index (χ4n) is 1.54. The minimum atomic E-state index is -0.457. The number of hydrogen-bond acceptors (Lipinski definition) is 3. The highest BCUT2D eigenvalue weighted by molar-refractivity contribution is 5.37. The molecule has 0 aliphatic heterocycles. The molecule has 1 heterocycles. The van der Waals surface area contributed by atoms with Gasteiger partial charge in [-0.05, 0) is 17.7 Å². The van der Waals surface area contributed by atoms with E-state index >= 15 is 0 Å². The number of benzene rings is 1. The van der Waals surface area contributed by atoms with Gasteiger partial charge in [0.2, 0.25) is 0 Å². The van der Waals surface area contributed by atoms with Gasteiger partial charge in [-0.2, -0.15) is 5.10 Å². The molecule has 4 nitrogen and oxygen atoms in total. The van der Waals surface area contributed by atoms with Crippen molar-refractivity contribution in [2.24, 2.45) is 0 Å². The minimum absolute atomic E-state index is 0.0326. The second kappa shape index (κ2) is 4.25. The summed E-state index contributed by atoms with van der Waals surface area (Å²) in [5, 5.41) is 13.1. The molecule has 0 fully saturated rings. The van der Waals surface area contributed by atoms with Gasteiger partial charge in [0.15, 0.2) is 0 Å². The molecule has 0 aliphatic rings. The predicted octanol–water partition coefficient (Wildman–Crippen LogP) is 1.68. The Bertz CT molecular complexity index is 508. The second-order valence-electron chi connectivity index (χ2n) is 4.55. The van der Waals surface area contributed by atoms with Gasteiger partial charge >= 0.3 is 0 Å². The van der Waals surface area contributed by atoms with Crippen LogP contribution in [0.1, 0.15) is 19.4 Å². The number of rotatable bonds is 3. The SMILES string of the molecule is CC(C)(CO)c1ccc(-n2cncn2)c(F)c1. The van der Waals surface area contributed by atoms with Gasteiger partial charge in [-0.25, -0.2) is 14.1 Å². The van der Waals surface area contributed by atoms with Gasteiger partial charge in [-0.3, -0.25) is 0 Å². The van der Waals surface area contributed by atoms with Crippen LogP contribution in [0.5, 0.6) is 0 Å². The first kappa shape index (κ1) is 11.7. The lowest BCUT2D eigenvalue weighted by atomic mass is 9.85. The fraction of sp³-hybridized carbons (Fsp3) is 0.333. The van der Waals surface area contributed by atoms with Crippen LogP contribution in [0, 0.1) is 5.82 Å². The summed E-state index contributed by atoms with van der Waals surface area (Å²) in [5.41, 5.74) is 0.642. The van der Waals surface area contributed by atoms with Crippen molar-refractivity contribution >= 4 is 0 Å². The maximum absolute atomic E-state index is 13.9. The number of halogens is 1. The number of hydrogen-bond donors (Lipinski definition) is 1. The number of aliphatic hydroxyl groups excluding tert-OH is 1. The highest BCUT2D eigenvalue weighted by Crippen LogP contribution is 2.25. The fourth-order valence-corrected chi connectivity index (χ4v) is 1.54. The van der Waals surface area contributed by atoms with E-state index in [4.69, 9.17) is 0 Å². The van der Waals surface area contributed by atoms with Crippen molar-refractivity contribution in [1.29, 1.82) is 0 Å². The van der Waals surface area contributed by atoms with Crippen LogP contribution in [-0.2, 0) is 5.41 Å². The van der Waals surface area contributed by atoms with Gasteiger partial charge in [-0.1, -0.05) is 19.9 Å². The van der Waals surface area contributed by atoms with E-state index in [9.17, 15) is 9.50 Å². The zero-order chi connectivity index (χ0) is 12.5. The summed E-state index contributed by atoms with van der Waals surface area (Å²) < 4.78 is 15.3. The van der Waals surface area contributed by atoms with Gasteiger partial charge in [0.25, 0.3) is 0 Å². The zero-order valence-corrected chi connectivity index (χ0v) is 9.76. The third-order valence-corrected chi connectivity index (χ3v) is 2.79. The third-order valence-electron chi connectivity index (χ3n) is 2.79. The monoisotopic (exact) mass is 235 g/mol. The maximum Gasteiger partial charge on any atom is 0.149 e. The van der Waals surface area contributed by atoms with Crippen LogP contribution in [-0.4, -0.2) is 26.5 Å². The van der Waals surface area contributed by atoms with E-state index in [-0.39, 0.29) is 12.4 Å². The maximum atomic E-state index is 13.9. The average molecular weight is 235 g/mol. The molecule has 5 heteroatoms. The van der Waals surface area contributed by atoms with Crippen molar-refractivity contribution in [3.05, 3.63) is 42.2 Å². The van der Waals surface area contributed by atoms with Crippen molar-refractivity contribution < 1.29 is 9.50 Å². The highest BCUT2D eigenvalue weighted by atomic mass is 19.1. The lowest BCUT2D eigenvalue weighted by molar-refractivity contribution is 0.218. The number of aromatic nitrogens is 3. The van der Waals surface area contributed by atoms with Crippen molar-refractivity contribution in [3.8, 4) is 5.69 Å². The summed E-state index contributed by atoms with van der Waals surface area (Å²) >= 11 is 0. The van der Waals surface area contributed by atoms with Crippen LogP contribution >= 0.6 is 0 Å². The Kier molecular flexibility index (Phi) is 2.93. The van der Waals surface area contributed by atoms with Gasteiger partial charge in [0.05, 0.1) is 6.61 Å². The standard InChI is InChI=1S/C12H14FN3O/c1-12(2,6-17)9-3-4-11(10(13)5-9)16-8-14-7-15-16/h3-5,7-8,17H,6H2,1-2H3. The van der Waals surface area contributed by atoms with E-state index in [2.05, 4.69) is 10.1 Å². The molecule has 2 rings (SSSR count). The van der Waals surface area contributed by atoms with E-state index in [1.165, 1.54) is 23.4 Å². The Morgan fingerprint density at radius 3 is 2.71 bits per heavy atom. The molecule has 0 radical (unpaired) electrons. The third kappa shape index (κ3) is 2.19. The Morgan fingerprint density at radius 2 is 2.18 bits per heavy atom. The molecule has 90 valence electrons. The van der Waals surface area contributed by atoms with Crippen molar-refractivity contribution in [2.75, 3.05) is 6.61 Å². The minimum Gasteiger partial charge on any atom is -0.395 e. The summed E-state index contributed by atoms with van der Waals surface area (Å²) in [6.45, 7) is 3.68. The first-order valence-corrected chi connectivity index (χ1v) is 5.30. The van der Waals surface area contributed by atoms with Crippen molar-refractivity contribution in [3.63, 3.8) is 0 Å². The summed E-state index contributed by atoms with van der Waals surface area (Å²) in [6.07, 6.45) is 2.79. The Balaban J connectivity index is 2.43. The molecule has 1 aromatic heterocycles. The van der Waals surface area contributed by atoms with Gasteiger partial charge in [-0.15, -0.1) is 0 Å². The van der Waals surface area contributed by atoms with Gasteiger partial charge < -0.3 is 5.11 Å². The molecule has 0 saturated carbocycles. The topological polar surface area (TPSA) is 50.9 Å². The van der Waals surface area contributed by atoms with E-state index in [1.54, 1.807) is 12.1 Å². The second-order valence-corrected chi connectivity index (χ2v) is 4.55. The molecule has 0 atom stereocenters. The van der Waals surface area contributed by atoms with E-state index in [0.29, 0.717) is 5.69 Å². The van der Waals surface area contributed by atoms with Crippen LogP contribution in [0.4, 0.5) is 4.39 Å². The molecule has 0 bridgehead atoms. The average Bonchev–Trinajstić information content (AvgIpc) is 2.82. The molecule has 0 saturated heterocycles. The molecular weight excluding hydrogens is 221 g/mol. The summed E-state index contributed by atoms with van der Waals surface area (Å²) in [5.74, 6) is -0.380. The van der Waals surface area contributed by atoms with E-state index < -0.39 is 5.41 Å². The van der Waals surface area contributed by atoms with Gasteiger partial charge in [0.1, 0.15) is 24.2 Å². The van der Waals surface area contributed by atoms with Crippen LogP contribution in [0.3, 0.4) is 0 Å². The molecule has 0 unspecified atom stereocenters. The van der Waals surface area contributed by atoms with Crippen LogP contribution in [0.15, 0.2) is 30.9 Å².